The van der Waals surface area contributed by atoms with E-state index < -0.39 is 0 Å². The number of aromatic nitrogens is 2. The number of nitrogens with zero attached hydrogens (tertiary/aromatic N) is 2. The van der Waals surface area contributed by atoms with Crippen LogP contribution in [0.15, 0.2) is 6.07 Å². The van der Waals surface area contributed by atoms with E-state index in [0.29, 0.717) is 12.0 Å². The zero-order valence-electron chi connectivity index (χ0n) is 12.6. The standard InChI is InChI=1S/C15H24N4O/c1-15(2)9-11(6-7-20-15)17-13-8-12(16-3)18-14(19-13)10-4-5-10/h8,10-11H,4-7,9H2,1-3H3,(H2,16,17,18,19). The molecule has 0 bridgehead atoms. The van der Waals surface area contributed by atoms with Gasteiger partial charge in [0.1, 0.15) is 17.5 Å². The minimum Gasteiger partial charge on any atom is -0.375 e. The van der Waals surface area contributed by atoms with E-state index in [1.807, 2.05) is 13.1 Å². The van der Waals surface area contributed by atoms with Crippen LogP contribution in [-0.4, -0.2) is 35.3 Å². The van der Waals surface area contributed by atoms with Gasteiger partial charge in [-0.25, -0.2) is 9.97 Å². The van der Waals surface area contributed by atoms with Crippen LogP contribution in [0.25, 0.3) is 0 Å². The molecule has 2 N–H and O–H groups in total. The van der Waals surface area contributed by atoms with Crippen LogP contribution in [-0.2, 0) is 4.74 Å². The Morgan fingerprint density at radius 1 is 1.20 bits per heavy atom. The van der Waals surface area contributed by atoms with Crippen LogP contribution in [0.3, 0.4) is 0 Å². The van der Waals surface area contributed by atoms with Crippen LogP contribution >= 0.6 is 0 Å². The predicted molar refractivity (Wildman–Crippen MR) is 80.2 cm³/mol. The molecule has 0 amide bonds. The Kier molecular flexibility index (Phi) is 3.54. The maximum absolute atomic E-state index is 5.76. The average molecular weight is 276 g/mol. The highest BCUT2D eigenvalue weighted by molar-refractivity contribution is 5.48. The van der Waals surface area contributed by atoms with Gasteiger partial charge in [-0.05, 0) is 39.5 Å². The molecule has 1 aromatic heterocycles. The van der Waals surface area contributed by atoms with Crippen molar-refractivity contribution in [2.75, 3.05) is 24.3 Å². The largest absolute Gasteiger partial charge is 0.375 e. The van der Waals surface area contributed by atoms with Crippen LogP contribution in [0.1, 0.15) is 51.3 Å². The molecule has 0 aromatic carbocycles. The van der Waals surface area contributed by atoms with Crippen molar-refractivity contribution in [3.05, 3.63) is 11.9 Å². The van der Waals surface area contributed by atoms with Crippen LogP contribution in [0.4, 0.5) is 11.6 Å². The molecule has 1 aliphatic carbocycles. The second-order valence-corrected chi connectivity index (χ2v) is 6.46. The maximum Gasteiger partial charge on any atom is 0.136 e. The lowest BCUT2D eigenvalue weighted by Crippen LogP contribution is -2.40. The van der Waals surface area contributed by atoms with E-state index in [2.05, 4.69) is 34.4 Å². The van der Waals surface area contributed by atoms with Crippen molar-refractivity contribution < 1.29 is 4.74 Å². The SMILES string of the molecule is CNc1cc(NC2CCOC(C)(C)C2)nc(C2CC2)n1. The van der Waals surface area contributed by atoms with Gasteiger partial charge in [0, 0.05) is 31.7 Å². The maximum atomic E-state index is 5.76. The topological polar surface area (TPSA) is 59.1 Å². The van der Waals surface area contributed by atoms with Gasteiger partial charge >= 0.3 is 0 Å². The first-order valence-electron chi connectivity index (χ1n) is 7.53. The van der Waals surface area contributed by atoms with Crippen molar-refractivity contribution >= 4 is 11.6 Å². The molecular formula is C15H24N4O. The minimum atomic E-state index is -0.0475. The Hall–Kier alpha value is -1.36. The minimum absolute atomic E-state index is 0.0475. The Balaban J connectivity index is 1.74. The second-order valence-electron chi connectivity index (χ2n) is 6.46. The summed E-state index contributed by atoms with van der Waals surface area (Å²) in [5.74, 6) is 3.38. The van der Waals surface area contributed by atoms with Gasteiger partial charge in [-0.3, -0.25) is 0 Å². The fourth-order valence-corrected chi connectivity index (χ4v) is 2.76. The summed E-state index contributed by atoms with van der Waals surface area (Å²) in [6, 6.07) is 2.42. The predicted octanol–water partition coefficient (Wildman–Crippen LogP) is 2.77. The highest BCUT2D eigenvalue weighted by Gasteiger charge is 2.30. The molecule has 110 valence electrons. The van der Waals surface area contributed by atoms with E-state index in [9.17, 15) is 0 Å². The number of hydrogen-bond acceptors (Lipinski definition) is 5. The molecule has 5 heteroatoms. The van der Waals surface area contributed by atoms with Gasteiger partial charge in [0.2, 0.25) is 0 Å². The molecule has 1 saturated heterocycles. The first-order chi connectivity index (χ1) is 9.55. The quantitative estimate of drug-likeness (QED) is 0.885. The first-order valence-corrected chi connectivity index (χ1v) is 7.53. The van der Waals surface area contributed by atoms with Crippen molar-refractivity contribution in [2.45, 2.75) is 57.1 Å². The number of nitrogens with one attached hydrogen (secondary N) is 2. The molecule has 2 aliphatic rings. The average Bonchev–Trinajstić information content (AvgIpc) is 3.21. The molecule has 1 unspecified atom stereocenters. The summed E-state index contributed by atoms with van der Waals surface area (Å²) < 4.78 is 5.76. The number of anilines is 2. The third-order valence-corrected chi connectivity index (χ3v) is 3.99. The van der Waals surface area contributed by atoms with Gasteiger partial charge in [0.05, 0.1) is 5.60 Å². The van der Waals surface area contributed by atoms with Crippen molar-refractivity contribution in [1.82, 2.24) is 9.97 Å². The van der Waals surface area contributed by atoms with Crippen LogP contribution in [0.2, 0.25) is 0 Å². The molecule has 20 heavy (non-hydrogen) atoms. The van der Waals surface area contributed by atoms with Gasteiger partial charge < -0.3 is 15.4 Å². The van der Waals surface area contributed by atoms with Crippen molar-refractivity contribution in [2.24, 2.45) is 0 Å². The van der Waals surface area contributed by atoms with Crippen molar-refractivity contribution in [1.29, 1.82) is 0 Å². The van der Waals surface area contributed by atoms with Gasteiger partial charge in [-0.2, -0.15) is 0 Å². The zero-order valence-corrected chi connectivity index (χ0v) is 12.6. The summed E-state index contributed by atoms with van der Waals surface area (Å²) in [4.78, 5) is 9.23. The lowest BCUT2D eigenvalue weighted by Gasteiger charge is -2.36. The molecule has 3 rings (SSSR count). The first kappa shape index (κ1) is 13.6. The highest BCUT2D eigenvalue weighted by atomic mass is 16.5. The van der Waals surface area contributed by atoms with Gasteiger partial charge in [0.25, 0.3) is 0 Å². The van der Waals surface area contributed by atoms with E-state index in [4.69, 9.17) is 4.74 Å². The number of hydrogen-bond donors (Lipinski definition) is 2. The third kappa shape index (κ3) is 3.20. The Bertz CT molecular complexity index is 485. The monoisotopic (exact) mass is 276 g/mol. The Morgan fingerprint density at radius 2 is 1.95 bits per heavy atom. The third-order valence-electron chi connectivity index (χ3n) is 3.99. The molecule has 2 heterocycles. The molecule has 1 aromatic rings. The molecule has 1 atom stereocenters. The zero-order chi connectivity index (χ0) is 14.2. The Labute approximate surface area is 120 Å². The van der Waals surface area contributed by atoms with Crippen LogP contribution < -0.4 is 10.6 Å². The van der Waals surface area contributed by atoms with E-state index in [0.717, 1.165) is 36.9 Å². The van der Waals surface area contributed by atoms with E-state index in [1.165, 1.54) is 12.8 Å². The van der Waals surface area contributed by atoms with E-state index >= 15 is 0 Å². The summed E-state index contributed by atoms with van der Waals surface area (Å²) in [6.07, 6.45) is 4.47. The van der Waals surface area contributed by atoms with Crippen LogP contribution in [0, 0.1) is 0 Å². The fraction of sp³-hybridized carbons (Fsp3) is 0.733. The highest BCUT2D eigenvalue weighted by Crippen LogP contribution is 2.39. The molecule has 0 spiro atoms. The number of rotatable bonds is 4. The summed E-state index contributed by atoms with van der Waals surface area (Å²) in [7, 11) is 1.90. The molecule has 2 fully saturated rings. The molecule has 5 nitrogen and oxygen atoms in total. The molecule has 1 saturated carbocycles. The number of ether oxygens (including phenoxy) is 1. The normalized spacial score (nSPS) is 25.2. The summed E-state index contributed by atoms with van der Waals surface area (Å²) >= 11 is 0. The molecule has 0 radical (unpaired) electrons. The second kappa shape index (κ2) is 5.20. The summed E-state index contributed by atoms with van der Waals surface area (Å²) in [6.45, 7) is 5.11. The Morgan fingerprint density at radius 3 is 2.60 bits per heavy atom. The van der Waals surface area contributed by atoms with Gasteiger partial charge in [-0.1, -0.05) is 0 Å². The van der Waals surface area contributed by atoms with E-state index in [1.54, 1.807) is 0 Å². The molecular weight excluding hydrogens is 252 g/mol. The summed E-state index contributed by atoms with van der Waals surface area (Å²) in [5, 5.41) is 6.69. The van der Waals surface area contributed by atoms with Crippen LogP contribution in [0.5, 0.6) is 0 Å². The van der Waals surface area contributed by atoms with Crippen molar-refractivity contribution in [3.8, 4) is 0 Å². The van der Waals surface area contributed by atoms with Crippen molar-refractivity contribution in [3.63, 3.8) is 0 Å². The lowest BCUT2D eigenvalue weighted by molar-refractivity contribution is -0.0553. The van der Waals surface area contributed by atoms with Gasteiger partial charge in [-0.15, -0.1) is 0 Å². The molecule has 1 aliphatic heterocycles. The van der Waals surface area contributed by atoms with E-state index in [-0.39, 0.29) is 5.60 Å². The smallest absolute Gasteiger partial charge is 0.136 e. The lowest BCUT2D eigenvalue weighted by atomic mass is 9.94. The summed E-state index contributed by atoms with van der Waals surface area (Å²) in [5.41, 5.74) is -0.0475. The fourth-order valence-electron chi connectivity index (χ4n) is 2.76. The van der Waals surface area contributed by atoms with Gasteiger partial charge in [0.15, 0.2) is 0 Å².